The van der Waals surface area contributed by atoms with Gasteiger partial charge in [0, 0.05) is 0 Å². The van der Waals surface area contributed by atoms with Crippen LogP contribution in [0.5, 0.6) is 0 Å². The van der Waals surface area contributed by atoms with Gasteiger partial charge in [-0.1, -0.05) is 24.3 Å². The van der Waals surface area contributed by atoms with Gasteiger partial charge in [-0.05, 0) is 58.1 Å². The van der Waals surface area contributed by atoms with E-state index in [2.05, 4.69) is 0 Å². The van der Waals surface area contributed by atoms with Gasteiger partial charge < -0.3 is 9.84 Å². The molecule has 0 aromatic heterocycles. The Hall–Kier alpha value is -1.35. The number of hydrogen-bond acceptors (Lipinski definition) is 3. The SMILES string of the molecule is CC(C(=O)OC(C)(C)C)C1(O)CCCc2ccccc21. The standard InChI is InChI=1S/C17H24O3/c1-12(15(18)20-16(2,3)4)17(19)11-7-9-13-8-5-6-10-14(13)17/h5-6,8,10,12,19H,7,9,11H2,1-4H3. The molecule has 1 aromatic carbocycles. The Morgan fingerprint density at radius 1 is 1.35 bits per heavy atom. The van der Waals surface area contributed by atoms with Crippen LogP contribution in [0.3, 0.4) is 0 Å². The number of benzene rings is 1. The summed E-state index contributed by atoms with van der Waals surface area (Å²) in [6, 6.07) is 7.84. The number of rotatable bonds is 2. The number of hydrogen-bond donors (Lipinski definition) is 1. The Labute approximate surface area is 121 Å². The van der Waals surface area contributed by atoms with Gasteiger partial charge in [-0.3, -0.25) is 4.79 Å². The summed E-state index contributed by atoms with van der Waals surface area (Å²) in [4.78, 5) is 12.3. The van der Waals surface area contributed by atoms with Gasteiger partial charge in [0.15, 0.2) is 0 Å². The molecule has 1 aliphatic carbocycles. The van der Waals surface area contributed by atoms with Crippen molar-refractivity contribution >= 4 is 5.97 Å². The summed E-state index contributed by atoms with van der Waals surface area (Å²) in [7, 11) is 0. The summed E-state index contributed by atoms with van der Waals surface area (Å²) < 4.78 is 5.43. The Balaban J connectivity index is 2.30. The average molecular weight is 276 g/mol. The lowest BCUT2D eigenvalue weighted by Gasteiger charge is -2.39. The van der Waals surface area contributed by atoms with Crippen LogP contribution >= 0.6 is 0 Å². The smallest absolute Gasteiger partial charge is 0.312 e. The van der Waals surface area contributed by atoms with Crippen LogP contribution in [0.2, 0.25) is 0 Å². The third-order valence-corrected chi connectivity index (χ3v) is 3.96. The van der Waals surface area contributed by atoms with Crippen molar-refractivity contribution in [1.82, 2.24) is 0 Å². The first kappa shape index (κ1) is 15.0. The number of carbonyl (C=O) groups excluding carboxylic acids is 1. The molecule has 0 heterocycles. The molecule has 2 unspecified atom stereocenters. The van der Waals surface area contributed by atoms with Crippen molar-refractivity contribution in [3.8, 4) is 0 Å². The second kappa shape index (κ2) is 5.21. The minimum absolute atomic E-state index is 0.336. The first-order valence-electron chi connectivity index (χ1n) is 7.28. The predicted molar refractivity (Wildman–Crippen MR) is 78.3 cm³/mol. The quantitative estimate of drug-likeness (QED) is 0.844. The van der Waals surface area contributed by atoms with Crippen molar-refractivity contribution in [3.63, 3.8) is 0 Å². The summed E-state index contributed by atoms with van der Waals surface area (Å²) in [5, 5.41) is 11.1. The van der Waals surface area contributed by atoms with E-state index in [9.17, 15) is 9.90 Å². The number of aryl methyl sites for hydroxylation is 1. The first-order chi connectivity index (χ1) is 9.24. The number of ether oxygens (including phenoxy) is 1. The summed E-state index contributed by atoms with van der Waals surface area (Å²) in [5.41, 5.74) is 0.369. The van der Waals surface area contributed by atoms with E-state index in [-0.39, 0.29) is 5.97 Å². The molecule has 20 heavy (non-hydrogen) atoms. The van der Waals surface area contributed by atoms with E-state index in [1.165, 1.54) is 0 Å². The molecule has 110 valence electrons. The van der Waals surface area contributed by atoms with Gasteiger partial charge in [0.25, 0.3) is 0 Å². The normalized spacial score (nSPS) is 23.9. The molecule has 3 nitrogen and oxygen atoms in total. The maximum atomic E-state index is 12.3. The largest absolute Gasteiger partial charge is 0.460 e. The van der Waals surface area contributed by atoms with Gasteiger partial charge in [-0.15, -0.1) is 0 Å². The number of aliphatic hydroxyl groups is 1. The topological polar surface area (TPSA) is 46.5 Å². The van der Waals surface area contributed by atoms with E-state index >= 15 is 0 Å². The number of carbonyl (C=O) groups is 1. The molecule has 3 heteroatoms. The summed E-state index contributed by atoms with van der Waals surface area (Å²) in [6.45, 7) is 7.29. The van der Waals surface area contributed by atoms with Crippen LogP contribution in [0, 0.1) is 5.92 Å². The second-order valence-electron chi connectivity index (χ2n) is 6.69. The monoisotopic (exact) mass is 276 g/mol. The van der Waals surface area contributed by atoms with Gasteiger partial charge in [-0.2, -0.15) is 0 Å². The molecule has 0 saturated heterocycles. The van der Waals surface area contributed by atoms with Crippen molar-refractivity contribution in [2.75, 3.05) is 0 Å². The number of fused-ring (bicyclic) bond motifs is 1. The number of esters is 1. The van der Waals surface area contributed by atoms with Crippen molar-refractivity contribution < 1.29 is 14.6 Å². The lowest BCUT2D eigenvalue weighted by molar-refractivity contribution is -0.170. The minimum atomic E-state index is -1.11. The third kappa shape index (κ3) is 2.88. The van der Waals surface area contributed by atoms with E-state index < -0.39 is 17.1 Å². The van der Waals surface area contributed by atoms with Gasteiger partial charge in [-0.25, -0.2) is 0 Å². The fraction of sp³-hybridized carbons (Fsp3) is 0.588. The molecular weight excluding hydrogens is 252 g/mol. The highest BCUT2D eigenvalue weighted by Crippen LogP contribution is 2.41. The van der Waals surface area contributed by atoms with Crippen LogP contribution < -0.4 is 0 Å². The molecule has 0 radical (unpaired) electrons. The van der Waals surface area contributed by atoms with Crippen LogP contribution in [0.25, 0.3) is 0 Å². The van der Waals surface area contributed by atoms with E-state index in [0.29, 0.717) is 6.42 Å². The predicted octanol–water partition coefficient (Wildman–Crippen LogP) is 3.19. The highest BCUT2D eigenvalue weighted by atomic mass is 16.6. The fourth-order valence-corrected chi connectivity index (χ4v) is 2.88. The Kier molecular flexibility index (Phi) is 3.92. The zero-order valence-electron chi connectivity index (χ0n) is 12.8. The van der Waals surface area contributed by atoms with Gasteiger partial charge in [0.2, 0.25) is 0 Å². The van der Waals surface area contributed by atoms with Crippen LogP contribution in [0.4, 0.5) is 0 Å². The summed E-state index contributed by atoms with van der Waals surface area (Å²) >= 11 is 0. The van der Waals surface area contributed by atoms with Crippen molar-refractivity contribution in [1.29, 1.82) is 0 Å². The van der Waals surface area contributed by atoms with Gasteiger partial charge in [0.05, 0.1) is 5.92 Å². The lowest BCUT2D eigenvalue weighted by Crippen LogP contribution is -2.43. The van der Waals surface area contributed by atoms with Crippen LogP contribution in [0.1, 0.15) is 51.7 Å². The van der Waals surface area contributed by atoms with E-state index in [4.69, 9.17) is 4.74 Å². The summed E-state index contributed by atoms with van der Waals surface area (Å²) in [5.74, 6) is -0.903. The Morgan fingerprint density at radius 3 is 2.65 bits per heavy atom. The maximum absolute atomic E-state index is 12.3. The summed E-state index contributed by atoms with van der Waals surface area (Å²) in [6.07, 6.45) is 2.45. The fourth-order valence-electron chi connectivity index (χ4n) is 2.88. The molecule has 2 rings (SSSR count). The molecule has 1 N–H and O–H groups in total. The molecular formula is C17H24O3. The van der Waals surface area contributed by atoms with Crippen molar-refractivity contribution in [2.24, 2.45) is 5.92 Å². The second-order valence-corrected chi connectivity index (χ2v) is 6.69. The zero-order valence-corrected chi connectivity index (χ0v) is 12.8. The van der Waals surface area contributed by atoms with E-state index in [1.54, 1.807) is 6.92 Å². The molecule has 1 aliphatic rings. The molecule has 0 spiro atoms. The lowest BCUT2D eigenvalue weighted by atomic mass is 9.72. The minimum Gasteiger partial charge on any atom is -0.460 e. The third-order valence-electron chi connectivity index (χ3n) is 3.96. The molecule has 0 fully saturated rings. The highest BCUT2D eigenvalue weighted by molar-refractivity contribution is 5.74. The maximum Gasteiger partial charge on any atom is 0.312 e. The van der Waals surface area contributed by atoms with Crippen LogP contribution in [-0.2, 0) is 21.6 Å². The molecule has 0 aliphatic heterocycles. The molecule has 0 amide bonds. The molecule has 1 aromatic rings. The first-order valence-corrected chi connectivity index (χ1v) is 7.28. The van der Waals surface area contributed by atoms with E-state index in [0.717, 1.165) is 24.0 Å². The molecule has 0 saturated carbocycles. The Morgan fingerprint density at radius 2 is 2.00 bits per heavy atom. The van der Waals surface area contributed by atoms with Crippen LogP contribution in [0.15, 0.2) is 24.3 Å². The Bertz CT molecular complexity index is 501. The van der Waals surface area contributed by atoms with Gasteiger partial charge in [0.1, 0.15) is 11.2 Å². The average Bonchev–Trinajstić information content (AvgIpc) is 2.36. The zero-order chi connectivity index (χ0) is 15.0. The van der Waals surface area contributed by atoms with Crippen molar-refractivity contribution in [3.05, 3.63) is 35.4 Å². The van der Waals surface area contributed by atoms with Gasteiger partial charge >= 0.3 is 5.97 Å². The van der Waals surface area contributed by atoms with Crippen LogP contribution in [-0.4, -0.2) is 16.7 Å². The molecule has 2 atom stereocenters. The van der Waals surface area contributed by atoms with E-state index in [1.807, 2.05) is 45.0 Å². The highest BCUT2D eigenvalue weighted by Gasteiger charge is 2.44. The molecule has 0 bridgehead atoms. The van der Waals surface area contributed by atoms with Crippen molar-refractivity contribution in [2.45, 2.75) is 58.2 Å².